The third-order valence-electron chi connectivity index (χ3n) is 3.46. The van der Waals surface area contributed by atoms with Crippen molar-refractivity contribution in [2.24, 2.45) is 0 Å². The summed E-state index contributed by atoms with van der Waals surface area (Å²) in [6.45, 7) is 0. The van der Waals surface area contributed by atoms with Crippen LogP contribution >= 0.6 is 0 Å². The van der Waals surface area contributed by atoms with Crippen LogP contribution < -0.4 is 0 Å². The Labute approximate surface area is 134 Å². The van der Waals surface area contributed by atoms with Crippen LogP contribution in [0.25, 0.3) is 11.1 Å². The average Bonchev–Trinajstić information content (AvgIpc) is 3.04. The number of carbonyl (C=O) groups is 1. The van der Waals surface area contributed by atoms with E-state index in [1.807, 2.05) is 36.4 Å². The lowest BCUT2D eigenvalue weighted by Crippen LogP contribution is -2.29. The van der Waals surface area contributed by atoms with Crippen molar-refractivity contribution in [2.75, 3.05) is 14.1 Å². The van der Waals surface area contributed by atoms with Gasteiger partial charge in [0.05, 0.1) is 0 Å². The van der Waals surface area contributed by atoms with Crippen molar-refractivity contribution in [1.29, 1.82) is 0 Å². The number of benzene rings is 2. The lowest BCUT2D eigenvalue weighted by Gasteiger charge is -2.08. The molecule has 0 aliphatic heterocycles. The van der Waals surface area contributed by atoms with E-state index in [1.54, 1.807) is 14.1 Å². The second-order valence-electron chi connectivity index (χ2n) is 5.37. The van der Waals surface area contributed by atoms with Crippen molar-refractivity contribution < 1.29 is 4.79 Å². The maximum atomic E-state index is 11.8. The van der Waals surface area contributed by atoms with Crippen LogP contribution in [0.4, 0.5) is 4.79 Å². The Morgan fingerprint density at radius 1 is 1.04 bits per heavy atom. The zero-order chi connectivity index (χ0) is 16.2. The molecule has 0 atom stereocenters. The first-order valence-corrected chi connectivity index (χ1v) is 7.29. The molecule has 1 heterocycles. The lowest BCUT2D eigenvalue weighted by atomic mass is 9.98. The van der Waals surface area contributed by atoms with Gasteiger partial charge < -0.3 is 4.90 Å². The van der Waals surface area contributed by atoms with Gasteiger partial charge in [-0.3, -0.25) is 0 Å². The summed E-state index contributed by atoms with van der Waals surface area (Å²) in [5.41, 5.74) is 3.36. The smallest absolute Gasteiger partial charge is 0.328 e. The molecule has 3 aromatic rings. The second-order valence-corrected chi connectivity index (χ2v) is 5.37. The highest BCUT2D eigenvalue weighted by molar-refractivity contribution is 5.74. The number of amides is 1. The molecule has 1 amide bonds. The molecule has 1 aromatic heterocycles. The number of carbonyl (C=O) groups excluding carboxylic acids is 1. The third kappa shape index (κ3) is 3.26. The van der Waals surface area contributed by atoms with E-state index < -0.39 is 0 Å². The van der Waals surface area contributed by atoms with Crippen LogP contribution in [0.2, 0.25) is 0 Å². The molecule has 0 saturated heterocycles. The highest BCUT2D eigenvalue weighted by Gasteiger charge is 2.13. The minimum atomic E-state index is -0.319. The van der Waals surface area contributed by atoms with Gasteiger partial charge in [0.25, 0.3) is 0 Å². The van der Waals surface area contributed by atoms with E-state index in [1.165, 1.54) is 4.90 Å². The Kier molecular flexibility index (Phi) is 4.14. The summed E-state index contributed by atoms with van der Waals surface area (Å²) in [6, 6.07) is 17.9. The largest absolute Gasteiger partial charge is 0.362 e. The van der Waals surface area contributed by atoms with E-state index in [-0.39, 0.29) is 6.03 Å². The van der Waals surface area contributed by atoms with Crippen molar-refractivity contribution in [1.82, 2.24) is 25.1 Å². The molecule has 3 rings (SSSR count). The molecule has 6 nitrogen and oxygen atoms in total. The fourth-order valence-electron chi connectivity index (χ4n) is 2.32. The molecule has 2 aromatic carbocycles. The summed E-state index contributed by atoms with van der Waals surface area (Å²) in [5, 5.41) is 12.0. The molecule has 0 saturated carbocycles. The number of aromatic nitrogens is 4. The topological polar surface area (TPSA) is 63.9 Å². The normalized spacial score (nSPS) is 10.5. The number of hydrogen-bond donors (Lipinski definition) is 0. The standard InChI is InChI=1S/C17H17N5O/c1-21(2)17(23)22-19-16(18-20-22)12-14-10-6-7-11-15(14)13-8-4-3-5-9-13/h3-11H,12H2,1-2H3. The van der Waals surface area contributed by atoms with Crippen LogP contribution in [-0.4, -0.2) is 45.2 Å². The van der Waals surface area contributed by atoms with E-state index in [9.17, 15) is 4.79 Å². The summed E-state index contributed by atoms with van der Waals surface area (Å²) in [4.78, 5) is 14.2. The van der Waals surface area contributed by atoms with Gasteiger partial charge in [-0.05, 0) is 21.9 Å². The fourth-order valence-corrected chi connectivity index (χ4v) is 2.32. The van der Waals surface area contributed by atoms with Crippen LogP contribution in [0.5, 0.6) is 0 Å². The van der Waals surface area contributed by atoms with E-state index in [0.717, 1.165) is 21.5 Å². The van der Waals surface area contributed by atoms with Crippen LogP contribution in [0, 0.1) is 0 Å². The minimum absolute atomic E-state index is 0.319. The number of tetrazole rings is 1. The Balaban J connectivity index is 1.88. The number of rotatable bonds is 3. The Hall–Kier alpha value is -3.02. The van der Waals surface area contributed by atoms with Gasteiger partial charge in [0.15, 0.2) is 5.82 Å². The van der Waals surface area contributed by atoms with Crippen molar-refractivity contribution in [3.63, 3.8) is 0 Å². The first-order chi connectivity index (χ1) is 11.1. The minimum Gasteiger partial charge on any atom is -0.328 e. The van der Waals surface area contributed by atoms with Gasteiger partial charge in [0.1, 0.15) is 0 Å². The predicted octanol–water partition coefficient (Wildman–Crippen LogP) is 2.46. The molecule has 23 heavy (non-hydrogen) atoms. The maximum Gasteiger partial charge on any atom is 0.362 e. The molecule has 0 unspecified atom stereocenters. The van der Waals surface area contributed by atoms with Crippen LogP contribution in [0.1, 0.15) is 11.4 Å². The predicted molar refractivity (Wildman–Crippen MR) is 87.0 cm³/mol. The Morgan fingerprint density at radius 3 is 2.48 bits per heavy atom. The number of hydrogen-bond acceptors (Lipinski definition) is 4. The zero-order valence-electron chi connectivity index (χ0n) is 13.0. The summed E-state index contributed by atoms with van der Waals surface area (Å²) >= 11 is 0. The van der Waals surface area contributed by atoms with Crippen molar-refractivity contribution in [2.45, 2.75) is 6.42 Å². The monoisotopic (exact) mass is 307 g/mol. The van der Waals surface area contributed by atoms with E-state index in [4.69, 9.17) is 0 Å². The molecule has 116 valence electrons. The molecule has 0 bridgehead atoms. The highest BCUT2D eigenvalue weighted by Crippen LogP contribution is 2.24. The fraction of sp³-hybridized carbons (Fsp3) is 0.176. The quantitative estimate of drug-likeness (QED) is 0.745. The zero-order valence-corrected chi connectivity index (χ0v) is 13.0. The molecule has 6 heteroatoms. The molecular formula is C17H17N5O. The number of nitrogens with zero attached hydrogens (tertiary/aromatic N) is 5. The van der Waals surface area contributed by atoms with Gasteiger partial charge in [-0.15, -0.1) is 10.2 Å². The van der Waals surface area contributed by atoms with Crippen LogP contribution in [0.3, 0.4) is 0 Å². The first-order valence-electron chi connectivity index (χ1n) is 7.29. The highest BCUT2D eigenvalue weighted by atomic mass is 16.2. The molecule has 0 aliphatic rings. The van der Waals surface area contributed by atoms with E-state index in [2.05, 4.69) is 33.6 Å². The van der Waals surface area contributed by atoms with E-state index >= 15 is 0 Å². The summed E-state index contributed by atoms with van der Waals surface area (Å²) in [5.74, 6) is 0.517. The van der Waals surface area contributed by atoms with E-state index in [0.29, 0.717) is 12.2 Å². The third-order valence-corrected chi connectivity index (χ3v) is 3.46. The first kappa shape index (κ1) is 14.9. The molecule has 0 N–H and O–H groups in total. The van der Waals surface area contributed by atoms with Crippen molar-refractivity contribution in [3.8, 4) is 11.1 Å². The molecule has 0 fully saturated rings. The van der Waals surface area contributed by atoms with Crippen LogP contribution in [-0.2, 0) is 6.42 Å². The second kappa shape index (κ2) is 6.39. The van der Waals surface area contributed by atoms with Gasteiger partial charge >= 0.3 is 6.03 Å². The van der Waals surface area contributed by atoms with Crippen LogP contribution in [0.15, 0.2) is 54.6 Å². The van der Waals surface area contributed by atoms with Gasteiger partial charge in [0, 0.05) is 20.5 Å². The Morgan fingerprint density at radius 2 is 1.74 bits per heavy atom. The SMILES string of the molecule is CN(C)C(=O)n1nnc(Cc2ccccc2-c2ccccc2)n1. The van der Waals surface area contributed by atoms with Gasteiger partial charge in [-0.25, -0.2) is 4.79 Å². The average molecular weight is 307 g/mol. The van der Waals surface area contributed by atoms with Crippen molar-refractivity contribution >= 4 is 6.03 Å². The van der Waals surface area contributed by atoms with Gasteiger partial charge in [-0.1, -0.05) is 59.4 Å². The van der Waals surface area contributed by atoms with Gasteiger partial charge in [-0.2, -0.15) is 0 Å². The maximum absolute atomic E-state index is 11.8. The summed E-state index contributed by atoms with van der Waals surface area (Å²) < 4.78 is 0. The molecule has 0 radical (unpaired) electrons. The van der Waals surface area contributed by atoms with Crippen molar-refractivity contribution in [3.05, 3.63) is 66.0 Å². The molecule has 0 spiro atoms. The summed E-state index contributed by atoms with van der Waals surface area (Å²) in [7, 11) is 3.30. The molecule has 0 aliphatic carbocycles. The Bertz CT molecular complexity index is 811. The lowest BCUT2D eigenvalue weighted by molar-refractivity contribution is 0.211. The summed E-state index contributed by atoms with van der Waals surface area (Å²) in [6.07, 6.45) is 0.520. The molecular weight excluding hydrogens is 290 g/mol. The van der Waals surface area contributed by atoms with Gasteiger partial charge in [0.2, 0.25) is 0 Å².